The van der Waals surface area contributed by atoms with Crippen molar-refractivity contribution in [2.45, 2.75) is 26.8 Å². The molecular formula is C14H16N2OS. The molecule has 1 heterocycles. The van der Waals surface area contributed by atoms with E-state index in [-0.39, 0.29) is 5.91 Å². The van der Waals surface area contributed by atoms with Gasteiger partial charge in [0.05, 0.1) is 17.1 Å². The zero-order valence-corrected chi connectivity index (χ0v) is 11.4. The first-order valence-electron chi connectivity index (χ1n) is 5.87. The van der Waals surface area contributed by atoms with Gasteiger partial charge in [0.25, 0.3) is 0 Å². The van der Waals surface area contributed by atoms with Crippen molar-refractivity contribution in [3.63, 3.8) is 0 Å². The molecule has 1 amide bonds. The fourth-order valence-electron chi connectivity index (χ4n) is 1.62. The fraction of sp³-hybridized carbons (Fsp3) is 0.286. The first-order chi connectivity index (χ1) is 8.63. The van der Waals surface area contributed by atoms with E-state index in [4.69, 9.17) is 0 Å². The third kappa shape index (κ3) is 3.67. The maximum absolute atomic E-state index is 11.7. The lowest BCUT2D eigenvalue weighted by Crippen LogP contribution is -2.24. The molecule has 0 saturated carbocycles. The molecule has 0 bridgehead atoms. The van der Waals surface area contributed by atoms with Crippen molar-refractivity contribution in [3.05, 3.63) is 51.5 Å². The van der Waals surface area contributed by atoms with Crippen LogP contribution in [-0.4, -0.2) is 10.9 Å². The molecule has 2 rings (SSSR count). The van der Waals surface area contributed by atoms with Crippen molar-refractivity contribution < 1.29 is 4.79 Å². The normalized spacial score (nSPS) is 10.3. The van der Waals surface area contributed by atoms with Gasteiger partial charge in [-0.2, -0.15) is 0 Å². The standard InChI is InChI=1S/C14H16N2OS/c1-10-3-5-12(6-4-10)8-15-14(17)7-13-9-18-11(2)16-13/h3-6,9H,7-8H2,1-2H3,(H,15,17). The van der Waals surface area contributed by atoms with Crippen LogP contribution in [0.4, 0.5) is 0 Å². The van der Waals surface area contributed by atoms with Crippen LogP contribution in [0.2, 0.25) is 0 Å². The van der Waals surface area contributed by atoms with Crippen LogP contribution >= 0.6 is 11.3 Å². The van der Waals surface area contributed by atoms with E-state index in [2.05, 4.69) is 10.3 Å². The van der Waals surface area contributed by atoms with E-state index >= 15 is 0 Å². The van der Waals surface area contributed by atoms with E-state index in [1.807, 2.05) is 43.5 Å². The summed E-state index contributed by atoms with van der Waals surface area (Å²) in [6.07, 6.45) is 0.357. The van der Waals surface area contributed by atoms with Crippen LogP contribution in [-0.2, 0) is 17.8 Å². The Morgan fingerprint density at radius 3 is 2.61 bits per heavy atom. The molecule has 0 spiro atoms. The number of thiazole rings is 1. The lowest BCUT2D eigenvalue weighted by atomic mass is 10.1. The van der Waals surface area contributed by atoms with Gasteiger partial charge in [0.1, 0.15) is 0 Å². The summed E-state index contributed by atoms with van der Waals surface area (Å²) in [5.74, 6) is 0.0147. The predicted octanol–water partition coefficient (Wildman–Crippen LogP) is 2.62. The number of nitrogens with one attached hydrogen (secondary N) is 1. The SMILES string of the molecule is Cc1ccc(CNC(=O)Cc2csc(C)n2)cc1. The van der Waals surface area contributed by atoms with E-state index in [1.54, 1.807) is 11.3 Å². The Balaban J connectivity index is 1.83. The highest BCUT2D eigenvalue weighted by atomic mass is 32.1. The molecular weight excluding hydrogens is 244 g/mol. The number of nitrogens with zero attached hydrogens (tertiary/aromatic N) is 1. The third-order valence-corrected chi connectivity index (χ3v) is 3.44. The van der Waals surface area contributed by atoms with E-state index in [9.17, 15) is 4.79 Å². The molecule has 1 N–H and O–H groups in total. The third-order valence-electron chi connectivity index (χ3n) is 2.62. The summed E-state index contributed by atoms with van der Waals surface area (Å²) >= 11 is 1.57. The first-order valence-corrected chi connectivity index (χ1v) is 6.75. The Kier molecular flexibility index (Phi) is 4.10. The zero-order chi connectivity index (χ0) is 13.0. The van der Waals surface area contributed by atoms with Gasteiger partial charge in [-0.3, -0.25) is 4.79 Å². The Bertz CT molecular complexity index is 531. The molecule has 3 nitrogen and oxygen atoms in total. The van der Waals surface area contributed by atoms with Crippen LogP contribution in [0.15, 0.2) is 29.6 Å². The molecule has 0 saturated heterocycles. The molecule has 0 aliphatic carbocycles. The van der Waals surface area contributed by atoms with Gasteiger partial charge in [-0.15, -0.1) is 11.3 Å². The summed E-state index contributed by atoms with van der Waals surface area (Å²) in [5, 5.41) is 5.83. The molecule has 1 aromatic heterocycles. The maximum Gasteiger partial charge on any atom is 0.226 e. The number of hydrogen-bond acceptors (Lipinski definition) is 3. The van der Waals surface area contributed by atoms with Crippen molar-refractivity contribution in [1.82, 2.24) is 10.3 Å². The number of aromatic nitrogens is 1. The average molecular weight is 260 g/mol. The molecule has 0 unspecified atom stereocenters. The molecule has 18 heavy (non-hydrogen) atoms. The minimum absolute atomic E-state index is 0.0147. The minimum Gasteiger partial charge on any atom is -0.352 e. The zero-order valence-electron chi connectivity index (χ0n) is 10.6. The summed E-state index contributed by atoms with van der Waals surface area (Å²) in [6, 6.07) is 8.15. The summed E-state index contributed by atoms with van der Waals surface area (Å²) in [7, 11) is 0. The molecule has 4 heteroatoms. The number of hydrogen-bond donors (Lipinski definition) is 1. The number of benzene rings is 1. The molecule has 0 fully saturated rings. The monoisotopic (exact) mass is 260 g/mol. The second kappa shape index (κ2) is 5.78. The van der Waals surface area contributed by atoms with Crippen LogP contribution in [0.3, 0.4) is 0 Å². The van der Waals surface area contributed by atoms with Crippen LogP contribution in [0, 0.1) is 13.8 Å². The highest BCUT2D eigenvalue weighted by Crippen LogP contribution is 2.08. The van der Waals surface area contributed by atoms with Gasteiger partial charge in [0, 0.05) is 11.9 Å². The number of carbonyl (C=O) groups excluding carboxylic acids is 1. The van der Waals surface area contributed by atoms with Gasteiger partial charge < -0.3 is 5.32 Å². The molecule has 94 valence electrons. The van der Waals surface area contributed by atoms with Crippen LogP contribution in [0.25, 0.3) is 0 Å². The van der Waals surface area contributed by atoms with Gasteiger partial charge in [0.2, 0.25) is 5.91 Å². The van der Waals surface area contributed by atoms with Crippen LogP contribution < -0.4 is 5.32 Å². The smallest absolute Gasteiger partial charge is 0.226 e. The Morgan fingerprint density at radius 1 is 1.28 bits per heavy atom. The summed E-state index contributed by atoms with van der Waals surface area (Å²) < 4.78 is 0. The summed E-state index contributed by atoms with van der Waals surface area (Å²) in [4.78, 5) is 16.0. The van der Waals surface area contributed by atoms with Crippen molar-refractivity contribution in [2.75, 3.05) is 0 Å². The lowest BCUT2D eigenvalue weighted by Gasteiger charge is -2.04. The van der Waals surface area contributed by atoms with Gasteiger partial charge >= 0.3 is 0 Å². The van der Waals surface area contributed by atoms with Crippen LogP contribution in [0.5, 0.6) is 0 Å². The highest BCUT2D eigenvalue weighted by molar-refractivity contribution is 7.09. The van der Waals surface area contributed by atoms with Gasteiger partial charge in [-0.1, -0.05) is 29.8 Å². The topological polar surface area (TPSA) is 42.0 Å². The van der Waals surface area contributed by atoms with Gasteiger partial charge in [0.15, 0.2) is 0 Å². The summed E-state index contributed by atoms with van der Waals surface area (Å²) in [6.45, 7) is 4.56. The predicted molar refractivity (Wildman–Crippen MR) is 73.6 cm³/mol. The maximum atomic E-state index is 11.7. The lowest BCUT2D eigenvalue weighted by molar-refractivity contribution is -0.120. The number of aryl methyl sites for hydroxylation is 2. The van der Waals surface area contributed by atoms with Gasteiger partial charge in [-0.05, 0) is 19.4 Å². The number of amides is 1. The largest absolute Gasteiger partial charge is 0.352 e. The van der Waals surface area contributed by atoms with Crippen molar-refractivity contribution >= 4 is 17.2 Å². The van der Waals surface area contributed by atoms with Crippen LogP contribution in [0.1, 0.15) is 21.8 Å². The molecule has 1 aromatic carbocycles. The molecule has 0 radical (unpaired) electrons. The second-order valence-electron chi connectivity index (χ2n) is 4.30. The molecule has 0 aliphatic rings. The Labute approximate surface area is 111 Å². The quantitative estimate of drug-likeness (QED) is 0.918. The fourth-order valence-corrected chi connectivity index (χ4v) is 2.24. The van der Waals surface area contributed by atoms with Gasteiger partial charge in [-0.25, -0.2) is 4.98 Å². The van der Waals surface area contributed by atoms with Crippen molar-refractivity contribution in [3.8, 4) is 0 Å². The van der Waals surface area contributed by atoms with E-state index in [1.165, 1.54) is 5.56 Å². The first kappa shape index (κ1) is 12.8. The molecule has 2 aromatic rings. The Hall–Kier alpha value is -1.68. The number of carbonyl (C=O) groups is 1. The van der Waals surface area contributed by atoms with E-state index < -0.39 is 0 Å². The summed E-state index contributed by atoms with van der Waals surface area (Å²) in [5.41, 5.74) is 3.19. The second-order valence-corrected chi connectivity index (χ2v) is 5.36. The van der Waals surface area contributed by atoms with Crippen molar-refractivity contribution in [1.29, 1.82) is 0 Å². The molecule has 0 aliphatic heterocycles. The van der Waals surface area contributed by atoms with E-state index in [0.717, 1.165) is 16.3 Å². The van der Waals surface area contributed by atoms with E-state index in [0.29, 0.717) is 13.0 Å². The van der Waals surface area contributed by atoms with Crippen molar-refractivity contribution in [2.24, 2.45) is 0 Å². The Morgan fingerprint density at radius 2 is 2.00 bits per heavy atom. The number of rotatable bonds is 4. The average Bonchev–Trinajstić information content (AvgIpc) is 2.74. The minimum atomic E-state index is 0.0147. The highest BCUT2D eigenvalue weighted by Gasteiger charge is 2.05. The molecule has 0 atom stereocenters.